The number of pyridine rings is 1. The number of aryl methyl sites for hydroxylation is 1. The molecule has 3 rings (SSSR count). The van der Waals surface area contributed by atoms with Crippen molar-refractivity contribution in [3.63, 3.8) is 0 Å². The second-order valence-corrected chi connectivity index (χ2v) is 10.1. The third kappa shape index (κ3) is 4.79. The molecule has 1 aromatic carbocycles. The first-order valence-electron chi connectivity index (χ1n) is 9.70. The zero-order valence-corrected chi connectivity index (χ0v) is 18.5. The largest absolute Gasteiger partial charge is 0.268 e. The van der Waals surface area contributed by atoms with Gasteiger partial charge in [0.15, 0.2) is 0 Å². The van der Waals surface area contributed by atoms with Crippen molar-refractivity contribution in [2.75, 3.05) is 14.1 Å². The molecule has 1 aliphatic carbocycles. The summed E-state index contributed by atoms with van der Waals surface area (Å²) >= 11 is 6.11. The summed E-state index contributed by atoms with van der Waals surface area (Å²) in [5, 5.41) is 0.0799. The first kappa shape index (κ1) is 21.7. The van der Waals surface area contributed by atoms with Crippen LogP contribution in [0.3, 0.4) is 0 Å². The van der Waals surface area contributed by atoms with Crippen molar-refractivity contribution in [2.24, 2.45) is 4.99 Å². The smallest absolute Gasteiger partial charge is 0.263 e. The van der Waals surface area contributed by atoms with Crippen molar-refractivity contribution >= 4 is 27.5 Å². The van der Waals surface area contributed by atoms with Gasteiger partial charge in [0.25, 0.3) is 5.91 Å². The average Bonchev–Trinajstić information content (AvgIpc) is 2.68. The lowest BCUT2D eigenvalue weighted by Crippen LogP contribution is -2.30. The fraction of sp³-hybridized carbons (Fsp3) is 0.429. The van der Waals surface area contributed by atoms with Crippen LogP contribution in [0.25, 0.3) is 0 Å². The first-order chi connectivity index (χ1) is 13.7. The van der Waals surface area contributed by atoms with Crippen LogP contribution in [-0.4, -0.2) is 43.3 Å². The number of benzene rings is 1. The van der Waals surface area contributed by atoms with E-state index in [2.05, 4.69) is 0 Å². The third-order valence-corrected chi connectivity index (χ3v) is 7.43. The number of halogens is 1. The Kier molecular flexibility index (Phi) is 6.61. The lowest BCUT2D eigenvalue weighted by atomic mass is 9.96. The van der Waals surface area contributed by atoms with E-state index < -0.39 is 10.0 Å². The topological polar surface area (TPSA) is 71.7 Å². The van der Waals surface area contributed by atoms with Crippen molar-refractivity contribution in [2.45, 2.75) is 50.0 Å². The standard InChI is InChI=1S/C21H26ClN3O3S/c1-15-11-12-25(20(13-15)23-17-7-5-4-6-8-17)21(26)16-9-10-18(22)19(14-16)29(27,28)24(2)3/h9-14,17H,4-8H2,1-3H3. The van der Waals surface area contributed by atoms with Gasteiger partial charge in [0.1, 0.15) is 10.4 Å². The summed E-state index contributed by atoms with van der Waals surface area (Å²) in [6.07, 6.45) is 7.26. The van der Waals surface area contributed by atoms with Crippen LogP contribution >= 0.6 is 11.6 Å². The molecule has 1 heterocycles. The third-order valence-electron chi connectivity index (χ3n) is 5.14. The van der Waals surface area contributed by atoms with E-state index in [4.69, 9.17) is 16.6 Å². The van der Waals surface area contributed by atoms with Gasteiger partial charge in [0, 0.05) is 25.9 Å². The second kappa shape index (κ2) is 8.81. The Labute approximate surface area is 176 Å². The minimum absolute atomic E-state index is 0.0799. The molecule has 0 unspecified atom stereocenters. The van der Waals surface area contributed by atoms with Gasteiger partial charge in [-0.05, 0) is 55.7 Å². The lowest BCUT2D eigenvalue weighted by molar-refractivity contribution is 0.0954. The van der Waals surface area contributed by atoms with Gasteiger partial charge < -0.3 is 0 Å². The summed E-state index contributed by atoms with van der Waals surface area (Å²) in [7, 11) is -0.916. The van der Waals surface area contributed by atoms with Gasteiger partial charge >= 0.3 is 0 Å². The molecule has 1 fully saturated rings. The van der Waals surface area contributed by atoms with Crippen LogP contribution in [0.1, 0.15) is 48.0 Å². The van der Waals surface area contributed by atoms with Crippen LogP contribution in [0, 0.1) is 6.92 Å². The summed E-state index contributed by atoms with van der Waals surface area (Å²) in [5.41, 5.74) is 1.84. The zero-order chi connectivity index (χ0) is 21.2. The summed E-state index contributed by atoms with van der Waals surface area (Å²) in [4.78, 5) is 18.0. The molecule has 6 nitrogen and oxygen atoms in total. The number of hydrogen-bond donors (Lipinski definition) is 0. The molecule has 0 radical (unpaired) electrons. The summed E-state index contributed by atoms with van der Waals surface area (Å²) in [6.45, 7) is 1.96. The number of carbonyl (C=O) groups excluding carboxylic acids is 1. The predicted octanol–water partition coefficient (Wildman–Crippen LogP) is 3.62. The number of carbonyl (C=O) groups is 1. The molecular weight excluding hydrogens is 410 g/mol. The van der Waals surface area contributed by atoms with Gasteiger partial charge in [-0.25, -0.2) is 12.7 Å². The molecule has 0 spiro atoms. The van der Waals surface area contributed by atoms with E-state index in [1.54, 1.807) is 6.20 Å². The minimum Gasteiger partial charge on any atom is -0.268 e. The van der Waals surface area contributed by atoms with Crippen LogP contribution in [-0.2, 0) is 10.0 Å². The van der Waals surface area contributed by atoms with Crippen LogP contribution in [0.4, 0.5) is 0 Å². The van der Waals surface area contributed by atoms with Crippen molar-refractivity contribution in [3.05, 3.63) is 58.2 Å². The normalized spacial score (nSPS) is 16.4. The van der Waals surface area contributed by atoms with Gasteiger partial charge in [0.05, 0.1) is 11.1 Å². The SMILES string of the molecule is Cc1ccn(C(=O)c2ccc(Cl)c(S(=O)(=O)N(C)C)c2)c(=NC2CCCCC2)c1. The van der Waals surface area contributed by atoms with Crippen LogP contribution in [0.15, 0.2) is 46.4 Å². The quantitative estimate of drug-likeness (QED) is 0.736. The molecule has 29 heavy (non-hydrogen) atoms. The Balaban J connectivity index is 2.07. The van der Waals surface area contributed by atoms with E-state index in [0.29, 0.717) is 5.49 Å². The van der Waals surface area contributed by atoms with Crippen LogP contribution in [0.2, 0.25) is 5.02 Å². The summed E-state index contributed by atoms with van der Waals surface area (Å²) in [5.74, 6) is -0.341. The van der Waals surface area contributed by atoms with E-state index in [1.165, 1.54) is 43.3 Å². The first-order valence-corrected chi connectivity index (χ1v) is 11.5. The number of nitrogens with zero attached hydrogens (tertiary/aromatic N) is 3. The molecule has 1 saturated carbocycles. The van der Waals surface area contributed by atoms with Crippen LogP contribution in [0.5, 0.6) is 0 Å². The number of rotatable bonds is 4. The van der Waals surface area contributed by atoms with Gasteiger partial charge in [-0.15, -0.1) is 0 Å². The highest BCUT2D eigenvalue weighted by atomic mass is 35.5. The molecule has 0 saturated heterocycles. The Morgan fingerprint density at radius 2 is 1.83 bits per heavy atom. The predicted molar refractivity (Wildman–Crippen MR) is 114 cm³/mol. The maximum absolute atomic E-state index is 13.2. The van der Waals surface area contributed by atoms with E-state index in [-0.39, 0.29) is 27.4 Å². The molecule has 0 atom stereocenters. The number of aromatic nitrogens is 1. The highest BCUT2D eigenvalue weighted by molar-refractivity contribution is 7.89. The zero-order valence-electron chi connectivity index (χ0n) is 16.9. The molecule has 0 bridgehead atoms. The maximum atomic E-state index is 13.2. The highest BCUT2D eigenvalue weighted by Crippen LogP contribution is 2.25. The Hall–Kier alpha value is -1.96. The molecular formula is C21H26ClN3O3S. The summed E-state index contributed by atoms with van der Waals surface area (Å²) in [6, 6.07) is 8.25. The van der Waals surface area contributed by atoms with Crippen molar-refractivity contribution in [3.8, 4) is 0 Å². The van der Waals surface area contributed by atoms with Crippen molar-refractivity contribution < 1.29 is 13.2 Å². The monoisotopic (exact) mass is 435 g/mol. The highest BCUT2D eigenvalue weighted by Gasteiger charge is 2.23. The van der Waals surface area contributed by atoms with Crippen LogP contribution < -0.4 is 5.49 Å². The van der Waals surface area contributed by atoms with Crippen molar-refractivity contribution in [1.29, 1.82) is 0 Å². The van der Waals surface area contributed by atoms with Crippen molar-refractivity contribution in [1.82, 2.24) is 8.87 Å². The van der Waals surface area contributed by atoms with E-state index in [0.717, 1.165) is 35.6 Å². The Bertz CT molecular complexity index is 1080. The molecule has 0 N–H and O–H groups in total. The molecule has 1 aromatic heterocycles. The fourth-order valence-corrected chi connectivity index (χ4v) is 4.82. The second-order valence-electron chi connectivity index (χ2n) is 7.59. The number of sulfonamides is 1. The Morgan fingerprint density at radius 3 is 2.48 bits per heavy atom. The van der Waals surface area contributed by atoms with Gasteiger partial charge in [-0.1, -0.05) is 30.9 Å². The molecule has 8 heteroatoms. The number of hydrogen-bond acceptors (Lipinski definition) is 4. The minimum atomic E-state index is -3.77. The Morgan fingerprint density at radius 1 is 1.14 bits per heavy atom. The molecule has 156 valence electrons. The molecule has 2 aromatic rings. The lowest BCUT2D eigenvalue weighted by Gasteiger charge is -2.18. The van der Waals surface area contributed by atoms with E-state index in [9.17, 15) is 13.2 Å². The molecule has 0 amide bonds. The van der Waals surface area contributed by atoms with E-state index in [1.807, 2.05) is 19.1 Å². The average molecular weight is 436 g/mol. The fourth-order valence-electron chi connectivity index (χ4n) is 3.43. The van der Waals surface area contributed by atoms with Gasteiger partial charge in [-0.2, -0.15) is 0 Å². The summed E-state index contributed by atoms with van der Waals surface area (Å²) < 4.78 is 27.6. The maximum Gasteiger partial charge on any atom is 0.263 e. The molecule has 0 aliphatic heterocycles. The molecule has 1 aliphatic rings. The van der Waals surface area contributed by atoms with Gasteiger partial charge in [-0.3, -0.25) is 14.4 Å². The van der Waals surface area contributed by atoms with E-state index >= 15 is 0 Å². The van der Waals surface area contributed by atoms with Gasteiger partial charge in [0.2, 0.25) is 10.0 Å².